The molecule has 0 spiro atoms. The molecule has 0 N–H and O–H groups in total. The summed E-state index contributed by atoms with van der Waals surface area (Å²) in [5, 5.41) is 7.09. The normalized spacial score (nSPS) is 11.6. The van der Waals surface area contributed by atoms with Gasteiger partial charge < -0.3 is 0 Å². The Labute approximate surface area is 392 Å². The third-order valence-corrected chi connectivity index (χ3v) is 14.5. The predicted octanol–water partition coefficient (Wildman–Crippen LogP) is 18.0. The van der Waals surface area contributed by atoms with Gasteiger partial charge in [-0.1, -0.05) is 188 Å². The van der Waals surface area contributed by atoms with Crippen LogP contribution < -0.4 is 0 Å². The predicted molar refractivity (Wildman–Crippen MR) is 285 cm³/mol. The number of nitrogens with zero attached hydrogens (tertiary/aromatic N) is 2. The van der Waals surface area contributed by atoms with Gasteiger partial charge in [0, 0.05) is 42.1 Å². The molecule has 0 aliphatic heterocycles. The molecule has 0 aliphatic carbocycles. The fourth-order valence-electron chi connectivity index (χ4n) is 9.91. The standard InChI is InChI=1S/C64H40N2S/c1-5-15-41(16-6-1)47-27-30-53-56(35-47)57-36-48(42-17-7-2-8-18-42)28-31-54(57)63-62(53)65-40-60(66-63)51-26-14-24-46(34-51)45-23-13-25-50(33-45)55-38-52(44-21-11-4-12-22-44)39-59-58-37-49(43-19-9-3-10-20-43)29-32-61(58)67-64(55)59/h1-40H. The van der Waals surface area contributed by atoms with Crippen LogP contribution >= 0.6 is 11.3 Å². The highest BCUT2D eigenvalue weighted by atomic mass is 32.1. The summed E-state index contributed by atoms with van der Waals surface area (Å²) in [5.41, 5.74) is 18.0. The van der Waals surface area contributed by atoms with Crippen LogP contribution in [0.1, 0.15) is 0 Å². The van der Waals surface area contributed by atoms with Crippen molar-refractivity contribution in [3.63, 3.8) is 0 Å². The first-order valence-corrected chi connectivity index (χ1v) is 23.6. The summed E-state index contributed by atoms with van der Waals surface area (Å²) < 4.78 is 2.58. The highest BCUT2D eigenvalue weighted by Gasteiger charge is 2.18. The zero-order chi connectivity index (χ0) is 44.3. The Morgan fingerprint density at radius 1 is 0.269 bits per heavy atom. The van der Waals surface area contributed by atoms with Gasteiger partial charge >= 0.3 is 0 Å². The van der Waals surface area contributed by atoms with E-state index in [1.54, 1.807) is 0 Å². The Morgan fingerprint density at radius 3 is 1.28 bits per heavy atom. The van der Waals surface area contributed by atoms with Gasteiger partial charge in [-0.15, -0.1) is 11.3 Å². The van der Waals surface area contributed by atoms with E-state index in [9.17, 15) is 0 Å². The largest absolute Gasteiger partial charge is 0.252 e. The first-order chi connectivity index (χ1) is 33.2. The minimum Gasteiger partial charge on any atom is -0.252 e. The average molecular weight is 869 g/mol. The molecule has 3 heteroatoms. The molecule has 0 radical (unpaired) electrons. The molecule has 13 aromatic rings. The van der Waals surface area contributed by atoms with E-state index in [0.717, 1.165) is 44.2 Å². The van der Waals surface area contributed by atoms with Crippen LogP contribution in [0.5, 0.6) is 0 Å². The maximum absolute atomic E-state index is 5.46. The van der Waals surface area contributed by atoms with Crippen molar-refractivity contribution < 1.29 is 0 Å². The second-order valence-corrected chi connectivity index (χ2v) is 18.4. The molecule has 11 aromatic carbocycles. The van der Waals surface area contributed by atoms with Crippen molar-refractivity contribution in [2.45, 2.75) is 0 Å². The van der Waals surface area contributed by atoms with E-state index in [1.165, 1.54) is 86.6 Å². The van der Waals surface area contributed by atoms with Crippen molar-refractivity contribution >= 4 is 64.1 Å². The molecule has 2 aromatic heterocycles. The van der Waals surface area contributed by atoms with Gasteiger partial charge in [0.15, 0.2) is 0 Å². The summed E-state index contributed by atoms with van der Waals surface area (Å²) in [5.74, 6) is 0. The molecular weight excluding hydrogens is 829 g/mol. The molecular formula is C64H40N2S. The van der Waals surface area contributed by atoms with Gasteiger partial charge in [0.05, 0.1) is 22.9 Å². The maximum Gasteiger partial charge on any atom is 0.0979 e. The summed E-state index contributed by atoms with van der Waals surface area (Å²) in [6, 6.07) is 85.7. The lowest BCUT2D eigenvalue weighted by Crippen LogP contribution is -1.93. The first kappa shape index (κ1) is 38.9. The molecule has 0 fully saturated rings. The smallest absolute Gasteiger partial charge is 0.0979 e. The second kappa shape index (κ2) is 16.2. The van der Waals surface area contributed by atoms with E-state index in [0.29, 0.717) is 0 Å². The van der Waals surface area contributed by atoms with E-state index in [4.69, 9.17) is 9.97 Å². The van der Waals surface area contributed by atoms with Gasteiger partial charge in [0.1, 0.15) is 0 Å². The van der Waals surface area contributed by atoms with Crippen LogP contribution in [-0.4, -0.2) is 9.97 Å². The maximum atomic E-state index is 5.46. The van der Waals surface area contributed by atoms with Crippen LogP contribution in [0.3, 0.4) is 0 Å². The highest BCUT2D eigenvalue weighted by Crippen LogP contribution is 2.45. The van der Waals surface area contributed by atoms with Crippen molar-refractivity contribution in [2.24, 2.45) is 0 Å². The molecule has 13 rings (SSSR count). The fraction of sp³-hybridized carbons (Fsp3) is 0. The van der Waals surface area contributed by atoms with Crippen LogP contribution in [0.15, 0.2) is 243 Å². The third kappa shape index (κ3) is 6.96. The van der Waals surface area contributed by atoms with Gasteiger partial charge in [-0.05, 0) is 121 Å². The van der Waals surface area contributed by atoms with Crippen LogP contribution in [0.2, 0.25) is 0 Å². The second-order valence-electron chi connectivity index (χ2n) is 17.3. The van der Waals surface area contributed by atoms with Gasteiger partial charge in [-0.25, -0.2) is 4.98 Å². The monoisotopic (exact) mass is 868 g/mol. The average Bonchev–Trinajstić information content (AvgIpc) is 3.79. The Balaban J connectivity index is 0.931. The quantitative estimate of drug-likeness (QED) is 0.149. The van der Waals surface area contributed by atoms with E-state index >= 15 is 0 Å². The summed E-state index contributed by atoms with van der Waals surface area (Å²) in [6.45, 7) is 0. The molecule has 312 valence electrons. The molecule has 0 saturated heterocycles. The van der Waals surface area contributed by atoms with Crippen molar-refractivity contribution in [1.29, 1.82) is 0 Å². The zero-order valence-corrected chi connectivity index (χ0v) is 37.2. The van der Waals surface area contributed by atoms with Gasteiger partial charge in [-0.2, -0.15) is 0 Å². The van der Waals surface area contributed by atoms with E-state index in [-0.39, 0.29) is 0 Å². The Bertz CT molecular complexity index is 4010. The lowest BCUT2D eigenvalue weighted by atomic mass is 9.93. The molecule has 2 nitrogen and oxygen atoms in total. The third-order valence-electron chi connectivity index (χ3n) is 13.3. The number of aromatic nitrogens is 2. The lowest BCUT2D eigenvalue weighted by Gasteiger charge is -2.14. The summed E-state index contributed by atoms with van der Waals surface area (Å²) in [6.07, 6.45) is 1.95. The fourth-order valence-corrected chi connectivity index (χ4v) is 11.1. The van der Waals surface area contributed by atoms with Crippen LogP contribution in [-0.2, 0) is 0 Å². The summed E-state index contributed by atoms with van der Waals surface area (Å²) >= 11 is 1.88. The Kier molecular flexibility index (Phi) is 9.40. The first-order valence-electron chi connectivity index (χ1n) is 22.8. The molecule has 0 unspecified atom stereocenters. The number of thiophene rings is 1. The molecule has 0 atom stereocenters. The number of benzene rings is 11. The van der Waals surface area contributed by atoms with Crippen molar-refractivity contribution in [1.82, 2.24) is 9.97 Å². The number of hydrogen-bond acceptors (Lipinski definition) is 3. The molecule has 67 heavy (non-hydrogen) atoms. The van der Waals surface area contributed by atoms with Crippen molar-refractivity contribution in [3.8, 4) is 78.0 Å². The van der Waals surface area contributed by atoms with Gasteiger partial charge in [-0.3, -0.25) is 4.98 Å². The summed E-state index contributed by atoms with van der Waals surface area (Å²) in [4.78, 5) is 10.7. The summed E-state index contributed by atoms with van der Waals surface area (Å²) in [7, 11) is 0. The van der Waals surface area contributed by atoms with Gasteiger partial charge in [0.25, 0.3) is 0 Å². The van der Waals surface area contributed by atoms with Crippen LogP contribution in [0.25, 0.3) is 131 Å². The van der Waals surface area contributed by atoms with E-state index < -0.39 is 0 Å². The Morgan fingerprint density at radius 2 is 0.701 bits per heavy atom. The molecule has 2 heterocycles. The van der Waals surface area contributed by atoms with Crippen molar-refractivity contribution in [3.05, 3.63) is 243 Å². The molecule has 0 saturated carbocycles. The van der Waals surface area contributed by atoms with Crippen molar-refractivity contribution in [2.75, 3.05) is 0 Å². The number of hydrogen-bond donors (Lipinski definition) is 0. The molecule has 0 amide bonds. The minimum atomic E-state index is 0.844. The zero-order valence-electron chi connectivity index (χ0n) is 36.4. The minimum absolute atomic E-state index is 0.844. The number of fused-ring (bicyclic) bond motifs is 9. The van der Waals surface area contributed by atoms with E-state index in [1.807, 2.05) is 17.5 Å². The van der Waals surface area contributed by atoms with Gasteiger partial charge in [0.2, 0.25) is 0 Å². The van der Waals surface area contributed by atoms with Crippen LogP contribution in [0, 0.1) is 0 Å². The highest BCUT2D eigenvalue weighted by molar-refractivity contribution is 7.26. The lowest BCUT2D eigenvalue weighted by molar-refractivity contribution is 1.31. The van der Waals surface area contributed by atoms with Crippen LogP contribution in [0.4, 0.5) is 0 Å². The Hall–Kier alpha value is -8.50. The molecule has 0 aliphatic rings. The topological polar surface area (TPSA) is 25.8 Å². The SMILES string of the molecule is c1ccc(-c2ccc3sc4c(-c5cccc(-c6cccc(-c7cnc8c9ccc(-c%10ccccc%10)cc9c9cc(-c%10ccccc%10)ccc9c8n7)c6)c5)cc(-c5ccccc5)cc4c3c2)cc1. The number of rotatable bonds is 7. The molecule has 0 bridgehead atoms. The van der Waals surface area contributed by atoms with E-state index in [2.05, 4.69) is 237 Å².